The minimum absolute atomic E-state index is 0.314. The first-order valence-electron chi connectivity index (χ1n) is 5.98. The van der Waals surface area contributed by atoms with Crippen molar-refractivity contribution >= 4 is 22.6 Å². The van der Waals surface area contributed by atoms with Crippen molar-refractivity contribution < 1.29 is 4.42 Å². The molecule has 0 fully saturated rings. The maximum absolute atomic E-state index is 8.89. The third kappa shape index (κ3) is 1.69. The summed E-state index contributed by atoms with van der Waals surface area (Å²) >= 11 is 6.29. The second kappa shape index (κ2) is 4.31. The summed E-state index contributed by atoms with van der Waals surface area (Å²) in [5.41, 5.74) is 3.13. The van der Waals surface area contributed by atoms with Gasteiger partial charge in [0.25, 0.3) is 0 Å². The predicted molar refractivity (Wildman–Crippen MR) is 70.6 cm³/mol. The Morgan fingerprint density at radius 1 is 1.44 bits per heavy atom. The third-order valence-corrected chi connectivity index (χ3v) is 3.85. The normalized spacial score (nSPS) is 15.6. The van der Waals surface area contributed by atoms with Crippen molar-refractivity contribution in [3.63, 3.8) is 0 Å². The topological polar surface area (TPSA) is 40.2 Å². The van der Waals surface area contributed by atoms with Crippen molar-refractivity contribution in [2.24, 2.45) is 0 Å². The van der Waals surface area contributed by atoms with Gasteiger partial charge < -0.3 is 9.32 Å². The highest BCUT2D eigenvalue weighted by atomic mass is 35.5. The zero-order valence-corrected chi connectivity index (χ0v) is 10.9. The van der Waals surface area contributed by atoms with E-state index in [1.165, 1.54) is 0 Å². The van der Waals surface area contributed by atoms with Gasteiger partial charge in [-0.3, -0.25) is 0 Å². The molecule has 0 aliphatic carbocycles. The predicted octanol–water partition coefficient (Wildman–Crippen LogP) is 3.14. The van der Waals surface area contributed by atoms with Crippen molar-refractivity contribution in [1.29, 1.82) is 5.26 Å². The molecule has 0 atom stereocenters. The molecule has 2 aromatic rings. The number of furan rings is 1. The van der Waals surface area contributed by atoms with Crippen molar-refractivity contribution in [3.8, 4) is 6.07 Å². The monoisotopic (exact) mass is 260 g/mol. The molecule has 2 heterocycles. The van der Waals surface area contributed by atoms with Gasteiger partial charge in [0.15, 0.2) is 0 Å². The van der Waals surface area contributed by atoms with E-state index in [4.69, 9.17) is 21.3 Å². The Hall–Kier alpha value is -1.50. The summed E-state index contributed by atoms with van der Waals surface area (Å²) in [7, 11) is 2.08. The van der Waals surface area contributed by atoms with Crippen LogP contribution in [0.15, 0.2) is 16.5 Å². The van der Waals surface area contributed by atoms with Crippen LogP contribution < -0.4 is 0 Å². The van der Waals surface area contributed by atoms with E-state index in [0.29, 0.717) is 6.42 Å². The SMILES string of the molecule is CN1CCc2c(Cl)ccc3oc(CC#N)c(c23)C1. The number of halogens is 1. The Labute approximate surface area is 111 Å². The molecule has 0 saturated heterocycles. The molecular formula is C14H13ClN2O. The van der Waals surface area contributed by atoms with Gasteiger partial charge in [0.05, 0.1) is 12.5 Å². The first-order chi connectivity index (χ1) is 8.70. The molecule has 1 aromatic heterocycles. The lowest BCUT2D eigenvalue weighted by atomic mass is 10.0. The van der Waals surface area contributed by atoms with Crippen molar-refractivity contribution in [2.45, 2.75) is 19.4 Å². The number of hydrogen-bond acceptors (Lipinski definition) is 3. The lowest BCUT2D eigenvalue weighted by Gasteiger charge is -2.13. The van der Waals surface area contributed by atoms with Crippen LogP contribution in [0.2, 0.25) is 5.02 Å². The van der Waals surface area contributed by atoms with Gasteiger partial charge in [-0.1, -0.05) is 11.6 Å². The molecule has 18 heavy (non-hydrogen) atoms. The van der Waals surface area contributed by atoms with Gasteiger partial charge in [0.2, 0.25) is 0 Å². The van der Waals surface area contributed by atoms with Crippen LogP contribution in [0, 0.1) is 11.3 Å². The van der Waals surface area contributed by atoms with Crippen LogP contribution in [0.5, 0.6) is 0 Å². The number of likely N-dealkylation sites (N-methyl/N-ethyl adjacent to an activating group) is 1. The summed E-state index contributed by atoms with van der Waals surface area (Å²) in [4.78, 5) is 2.24. The van der Waals surface area contributed by atoms with E-state index in [2.05, 4.69) is 18.0 Å². The van der Waals surface area contributed by atoms with Crippen LogP contribution in [-0.4, -0.2) is 18.5 Å². The Morgan fingerprint density at radius 2 is 2.28 bits per heavy atom. The highest BCUT2D eigenvalue weighted by Gasteiger charge is 2.22. The largest absolute Gasteiger partial charge is 0.460 e. The molecule has 3 nitrogen and oxygen atoms in total. The highest BCUT2D eigenvalue weighted by molar-refractivity contribution is 6.32. The second-order valence-corrected chi connectivity index (χ2v) is 5.13. The molecule has 92 valence electrons. The first-order valence-corrected chi connectivity index (χ1v) is 6.35. The van der Waals surface area contributed by atoms with E-state index in [-0.39, 0.29) is 0 Å². The van der Waals surface area contributed by atoms with Crippen LogP contribution in [-0.2, 0) is 19.4 Å². The average molecular weight is 261 g/mol. The molecule has 4 heteroatoms. The van der Waals surface area contributed by atoms with Crippen LogP contribution in [0.25, 0.3) is 11.0 Å². The van der Waals surface area contributed by atoms with Crippen molar-refractivity contribution in [2.75, 3.05) is 13.6 Å². The molecule has 0 bridgehead atoms. The molecule has 0 radical (unpaired) electrons. The van der Waals surface area contributed by atoms with Crippen molar-refractivity contribution in [1.82, 2.24) is 4.90 Å². The molecule has 0 unspecified atom stereocenters. The molecule has 0 amide bonds. The summed E-state index contributed by atoms with van der Waals surface area (Å²) in [5, 5.41) is 10.8. The number of rotatable bonds is 1. The molecule has 1 aliphatic rings. The number of nitrogens with zero attached hydrogens (tertiary/aromatic N) is 2. The summed E-state index contributed by atoms with van der Waals surface area (Å²) in [6, 6.07) is 5.95. The Bertz CT molecular complexity index is 654. The summed E-state index contributed by atoms with van der Waals surface area (Å²) in [6.07, 6.45) is 1.24. The zero-order chi connectivity index (χ0) is 12.7. The van der Waals surface area contributed by atoms with Gasteiger partial charge in [-0.05, 0) is 31.2 Å². The summed E-state index contributed by atoms with van der Waals surface area (Å²) < 4.78 is 5.80. The van der Waals surface area contributed by atoms with E-state index in [9.17, 15) is 0 Å². The smallest absolute Gasteiger partial charge is 0.135 e. The minimum Gasteiger partial charge on any atom is -0.460 e. The fraction of sp³-hybridized carbons (Fsp3) is 0.357. The van der Waals surface area contributed by atoms with E-state index >= 15 is 0 Å². The maximum Gasteiger partial charge on any atom is 0.135 e. The molecular weight excluding hydrogens is 248 g/mol. The second-order valence-electron chi connectivity index (χ2n) is 4.73. The number of benzene rings is 1. The van der Waals surface area contributed by atoms with Gasteiger partial charge in [0, 0.05) is 29.1 Å². The average Bonchev–Trinajstić information content (AvgIpc) is 2.56. The Balaban J connectivity index is 2.32. The number of nitriles is 1. The van der Waals surface area contributed by atoms with Crippen LogP contribution in [0.3, 0.4) is 0 Å². The van der Waals surface area contributed by atoms with E-state index < -0.39 is 0 Å². The van der Waals surface area contributed by atoms with Crippen LogP contribution in [0.4, 0.5) is 0 Å². The maximum atomic E-state index is 8.89. The standard InChI is InChI=1S/C14H13ClN2O/c1-17-7-5-9-11(15)2-3-13-14(9)10(8-17)12(18-13)4-6-16/h2-3H,4-5,7-8H2,1H3. The Kier molecular flexibility index (Phi) is 2.77. The molecule has 1 aliphatic heterocycles. The lowest BCUT2D eigenvalue weighted by molar-refractivity contribution is 0.332. The lowest BCUT2D eigenvalue weighted by Crippen LogP contribution is -2.19. The van der Waals surface area contributed by atoms with Gasteiger partial charge >= 0.3 is 0 Å². The van der Waals surface area contributed by atoms with Crippen molar-refractivity contribution in [3.05, 3.63) is 34.0 Å². The summed E-state index contributed by atoms with van der Waals surface area (Å²) in [5.74, 6) is 0.782. The molecule has 0 spiro atoms. The Morgan fingerprint density at radius 3 is 3.06 bits per heavy atom. The van der Waals surface area contributed by atoms with E-state index in [0.717, 1.165) is 52.4 Å². The molecule has 3 rings (SSSR count). The van der Waals surface area contributed by atoms with Crippen LogP contribution in [0.1, 0.15) is 16.9 Å². The quantitative estimate of drug-likeness (QED) is 0.791. The number of hydrogen-bond donors (Lipinski definition) is 0. The summed E-state index contributed by atoms with van der Waals surface area (Å²) in [6.45, 7) is 1.79. The molecule has 0 N–H and O–H groups in total. The molecule has 0 saturated carbocycles. The highest BCUT2D eigenvalue weighted by Crippen LogP contribution is 2.36. The van der Waals surface area contributed by atoms with Gasteiger partial charge in [-0.15, -0.1) is 0 Å². The van der Waals surface area contributed by atoms with E-state index in [1.54, 1.807) is 0 Å². The fourth-order valence-electron chi connectivity index (χ4n) is 2.63. The fourth-order valence-corrected chi connectivity index (χ4v) is 2.88. The van der Waals surface area contributed by atoms with E-state index in [1.807, 2.05) is 12.1 Å². The van der Waals surface area contributed by atoms with Gasteiger partial charge in [0.1, 0.15) is 11.3 Å². The van der Waals surface area contributed by atoms with Gasteiger partial charge in [-0.2, -0.15) is 5.26 Å². The minimum atomic E-state index is 0.314. The molecule has 1 aromatic carbocycles. The van der Waals surface area contributed by atoms with Crippen LogP contribution >= 0.6 is 11.6 Å². The first kappa shape index (κ1) is 11.6. The zero-order valence-electron chi connectivity index (χ0n) is 10.2. The third-order valence-electron chi connectivity index (χ3n) is 3.50. The van der Waals surface area contributed by atoms with Gasteiger partial charge in [-0.25, -0.2) is 0 Å².